The third-order valence-corrected chi connectivity index (χ3v) is 6.78. The van der Waals surface area contributed by atoms with Gasteiger partial charge in [0.2, 0.25) is 5.79 Å². The van der Waals surface area contributed by atoms with E-state index in [9.17, 15) is 18.3 Å². The average molecular weight is 366 g/mol. The van der Waals surface area contributed by atoms with Gasteiger partial charge in [0.1, 0.15) is 0 Å². The third-order valence-electron chi connectivity index (χ3n) is 6.78. The van der Waals surface area contributed by atoms with E-state index < -0.39 is 47.9 Å². The first-order valence-electron chi connectivity index (χ1n) is 8.97. The minimum Gasteiger partial charge on any atom is -0.387 e. The fraction of sp³-hybridized carbons (Fsp3) is 1.00. The standard InChI is InChI=1S/C17H25F3O5/c1-9-4-5-11-15(3,21)12(8-16(18,19)20)22-13-17(11)10(9)6-7-14(2,23-13)24-25-17/h9-13,21H,4-8H2,1-3H3/t9-,10+,11+,12-,13-,14-,15+,17-/m1/s1. The molecule has 0 aromatic carbocycles. The van der Waals surface area contributed by atoms with Gasteiger partial charge >= 0.3 is 6.18 Å². The summed E-state index contributed by atoms with van der Waals surface area (Å²) < 4.78 is 50.8. The molecule has 0 aromatic heterocycles. The second-order valence-electron chi connectivity index (χ2n) is 8.53. The van der Waals surface area contributed by atoms with Crippen molar-refractivity contribution in [3.8, 4) is 0 Å². The molecule has 5 fully saturated rings. The van der Waals surface area contributed by atoms with Crippen LogP contribution in [-0.2, 0) is 19.2 Å². The summed E-state index contributed by atoms with van der Waals surface area (Å²) in [5, 5.41) is 11.1. The van der Waals surface area contributed by atoms with Crippen LogP contribution in [0.2, 0.25) is 0 Å². The van der Waals surface area contributed by atoms with Gasteiger partial charge in [-0.3, -0.25) is 0 Å². The van der Waals surface area contributed by atoms with Crippen molar-refractivity contribution >= 4 is 0 Å². The number of rotatable bonds is 1. The number of halogens is 3. The normalized spacial score (nSPS) is 55.6. The first-order valence-corrected chi connectivity index (χ1v) is 8.97. The third kappa shape index (κ3) is 2.56. The predicted octanol–water partition coefficient (Wildman–Crippen LogP) is 3.30. The van der Waals surface area contributed by atoms with Crippen molar-refractivity contribution in [3.05, 3.63) is 0 Å². The molecule has 8 atom stereocenters. The van der Waals surface area contributed by atoms with Gasteiger partial charge in [-0.2, -0.15) is 13.2 Å². The quantitative estimate of drug-likeness (QED) is 0.722. The molecule has 144 valence electrons. The molecule has 1 aliphatic carbocycles. The molecule has 25 heavy (non-hydrogen) atoms. The van der Waals surface area contributed by atoms with Crippen LogP contribution in [0.25, 0.3) is 0 Å². The van der Waals surface area contributed by atoms with Gasteiger partial charge in [0, 0.05) is 12.3 Å². The van der Waals surface area contributed by atoms with E-state index in [-0.39, 0.29) is 11.8 Å². The van der Waals surface area contributed by atoms with Crippen LogP contribution >= 0.6 is 0 Å². The summed E-state index contributed by atoms with van der Waals surface area (Å²) in [4.78, 5) is 11.4. The smallest absolute Gasteiger partial charge is 0.387 e. The first-order chi connectivity index (χ1) is 11.5. The van der Waals surface area contributed by atoms with E-state index in [1.54, 1.807) is 6.92 Å². The van der Waals surface area contributed by atoms with E-state index >= 15 is 0 Å². The van der Waals surface area contributed by atoms with Crippen molar-refractivity contribution in [2.45, 2.75) is 88.4 Å². The monoisotopic (exact) mass is 366 g/mol. The topological polar surface area (TPSA) is 57.2 Å². The SMILES string of the molecule is C[C@@H]1CC[C@H]2[C@](C)(O)[C@@H](CC(F)(F)F)O[C@@H]3O[C@@]4(C)CC[C@@H]1[C@]32OO4. The number of hydrogen-bond acceptors (Lipinski definition) is 5. The van der Waals surface area contributed by atoms with Crippen LogP contribution in [0.4, 0.5) is 13.2 Å². The number of hydrogen-bond donors (Lipinski definition) is 1. The van der Waals surface area contributed by atoms with Crippen LogP contribution in [0.1, 0.15) is 52.9 Å². The van der Waals surface area contributed by atoms with Crippen molar-refractivity contribution in [2.24, 2.45) is 17.8 Å². The Morgan fingerprint density at radius 3 is 2.52 bits per heavy atom. The van der Waals surface area contributed by atoms with Crippen LogP contribution in [0.15, 0.2) is 0 Å². The predicted molar refractivity (Wildman–Crippen MR) is 79.0 cm³/mol. The fourth-order valence-corrected chi connectivity index (χ4v) is 5.44. The Morgan fingerprint density at radius 1 is 1.12 bits per heavy atom. The van der Waals surface area contributed by atoms with Crippen molar-refractivity contribution < 1.29 is 37.5 Å². The lowest BCUT2D eigenvalue weighted by Gasteiger charge is -2.62. The highest BCUT2D eigenvalue weighted by Gasteiger charge is 2.73. The summed E-state index contributed by atoms with van der Waals surface area (Å²) in [7, 11) is 0. The van der Waals surface area contributed by atoms with Crippen LogP contribution in [-0.4, -0.2) is 40.7 Å². The molecule has 1 spiro atoms. The Morgan fingerprint density at radius 2 is 1.84 bits per heavy atom. The van der Waals surface area contributed by atoms with E-state index in [1.165, 1.54) is 6.92 Å². The molecule has 8 heteroatoms. The van der Waals surface area contributed by atoms with Gasteiger partial charge in [0.25, 0.3) is 0 Å². The molecular formula is C17H25F3O5. The van der Waals surface area contributed by atoms with Crippen LogP contribution in [0.5, 0.6) is 0 Å². The second-order valence-corrected chi connectivity index (χ2v) is 8.53. The van der Waals surface area contributed by atoms with Gasteiger partial charge < -0.3 is 14.6 Å². The number of fused-ring (bicyclic) bond motifs is 2. The summed E-state index contributed by atoms with van der Waals surface area (Å²) in [5.74, 6) is -1.30. The second kappa shape index (κ2) is 5.32. The van der Waals surface area contributed by atoms with Crippen molar-refractivity contribution in [3.63, 3.8) is 0 Å². The van der Waals surface area contributed by atoms with E-state index in [2.05, 4.69) is 6.92 Å². The molecule has 0 aromatic rings. The highest BCUT2D eigenvalue weighted by atomic mass is 19.4. The van der Waals surface area contributed by atoms with E-state index in [1.807, 2.05) is 0 Å². The number of aliphatic hydroxyl groups is 1. The first kappa shape index (κ1) is 18.0. The van der Waals surface area contributed by atoms with Crippen LogP contribution < -0.4 is 0 Å². The minimum atomic E-state index is -4.44. The van der Waals surface area contributed by atoms with E-state index in [0.717, 1.165) is 12.8 Å². The molecule has 1 N–H and O–H groups in total. The van der Waals surface area contributed by atoms with Gasteiger partial charge in [0.05, 0.1) is 18.1 Å². The lowest BCUT2D eigenvalue weighted by atomic mass is 9.56. The lowest BCUT2D eigenvalue weighted by Crippen LogP contribution is -2.75. The summed E-state index contributed by atoms with van der Waals surface area (Å²) in [6, 6.07) is 0. The summed E-state index contributed by atoms with van der Waals surface area (Å²) in [5.41, 5.74) is -2.76. The highest BCUT2D eigenvalue weighted by Crippen LogP contribution is 2.62. The Labute approximate surface area is 144 Å². The van der Waals surface area contributed by atoms with Crippen LogP contribution in [0.3, 0.4) is 0 Å². The van der Waals surface area contributed by atoms with Gasteiger partial charge in [-0.05, 0) is 44.9 Å². The Balaban J connectivity index is 1.77. The zero-order valence-electron chi connectivity index (χ0n) is 14.6. The largest absolute Gasteiger partial charge is 0.391 e. The summed E-state index contributed by atoms with van der Waals surface area (Å²) in [6.45, 7) is 5.24. The average Bonchev–Trinajstić information content (AvgIpc) is 2.70. The van der Waals surface area contributed by atoms with E-state index in [4.69, 9.17) is 19.2 Å². The molecule has 4 aliphatic heterocycles. The maximum atomic E-state index is 13.0. The van der Waals surface area contributed by atoms with Crippen molar-refractivity contribution in [1.29, 1.82) is 0 Å². The highest BCUT2D eigenvalue weighted by molar-refractivity contribution is 5.14. The zero-order valence-corrected chi connectivity index (χ0v) is 14.6. The fourth-order valence-electron chi connectivity index (χ4n) is 5.44. The maximum Gasteiger partial charge on any atom is 0.391 e. The molecule has 4 heterocycles. The Kier molecular flexibility index (Phi) is 3.82. The van der Waals surface area contributed by atoms with Crippen LogP contribution in [0, 0.1) is 17.8 Å². The molecule has 0 unspecified atom stereocenters. The van der Waals surface area contributed by atoms with Gasteiger partial charge in [0.15, 0.2) is 11.9 Å². The van der Waals surface area contributed by atoms with Crippen molar-refractivity contribution in [2.75, 3.05) is 0 Å². The molecule has 0 amide bonds. The number of ether oxygens (including phenoxy) is 2. The molecule has 1 saturated carbocycles. The molecule has 5 nitrogen and oxygen atoms in total. The molecule has 5 aliphatic rings. The zero-order chi connectivity index (χ0) is 18.3. The minimum absolute atomic E-state index is 0.00103. The van der Waals surface area contributed by atoms with Gasteiger partial charge in [-0.1, -0.05) is 6.92 Å². The number of alkyl halides is 3. The molecule has 0 radical (unpaired) electrons. The Bertz CT molecular complexity index is 553. The summed E-state index contributed by atoms with van der Waals surface area (Å²) >= 11 is 0. The molecular weight excluding hydrogens is 341 g/mol. The molecule has 2 bridgehead atoms. The van der Waals surface area contributed by atoms with Gasteiger partial charge in [-0.25, -0.2) is 9.78 Å². The van der Waals surface area contributed by atoms with Crippen molar-refractivity contribution in [1.82, 2.24) is 0 Å². The maximum absolute atomic E-state index is 13.0. The molecule has 5 rings (SSSR count). The van der Waals surface area contributed by atoms with E-state index in [0.29, 0.717) is 12.8 Å². The summed E-state index contributed by atoms with van der Waals surface area (Å²) in [6.07, 6.45) is -5.33. The molecule has 4 saturated heterocycles. The Hall–Kier alpha value is -0.410. The lowest BCUT2D eigenvalue weighted by molar-refractivity contribution is -0.577. The van der Waals surface area contributed by atoms with Gasteiger partial charge in [-0.15, -0.1) is 0 Å².